The van der Waals surface area contributed by atoms with Crippen LogP contribution in [0.4, 0.5) is 40.2 Å². The second kappa shape index (κ2) is 22.1. The van der Waals surface area contributed by atoms with E-state index in [-0.39, 0.29) is 53.8 Å². The number of imide groups is 2. The van der Waals surface area contributed by atoms with Gasteiger partial charge in [-0.3, -0.25) is 48.3 Å². The van der Waals surface area contributed by atoms with Crippen molar-refractivity contribution in [2.24, 2.45) is 0 Å². The molecule has 3 aromatic carbocycles. The van der Waals surface area contributed by atoms with Crippen LogP contribution in [-0.4, -0.2) is 167 Å². The van der Waals surface area contributed by atoms with Gasteiger partial charge in [0, 0.05) is 77.1 Å². The fourth-order valence-electron chi connectivity index (χ4n) is 9.00. The number of piperazine rings is 1. The van der Waals surface area contributed by atoms with Crippen LogP contribution in [0.1, 0.15) is 46.4 Å². The second-order valence-electron chi connectivity index (χ2n) is 17.3. The molecule has 4 aromatic rings. The van der Waals surface area contributed by atoms with Gasteiger partial charge < -0.3 is 35.1 Å². The number of rotatable bonds is 19. The van der Waals surface area contributed by atoms with Gasteiger partial charge in [-0.2, -0.15) is 4.98 Å². The van der Waals surface area contributed by atoms with E-state index in [9.17, 15) is 32.4 Å². The Bertz CT molecular complexity index is 2730. The number of halogens is 1. The lowest BCUT2D eigenvalue weighted by Crippen LogP contribution is -2.54. The molecule has 0 radical (unpaired) electrons. The SMILES string of the molecule is COc1cc(N2CCC(N3CCN(CCOCCOCC(=O)Nc4cccc5c4C(=O)N(C4CCC(=O)NC4=O)C5=O)CC3)CC2)ccc1Nc1ncc(Cl)c(Nc2ccccc2N(C)S(C)(=O)=O)n1. The number of methoxy groups -OCH3 is 1. The third-order valence-corrected chi connectivity index (χ3v) is 14.3. The van der Waals surface area contributed by atoms with E-state index in [2.05, 4.69) is 52.0 Å². The van der Waals surface area contributed by atoms with Crippen molar-refractivity contribution in [3.05, 3.63) is 83.0 Å². The Balaban J connectivity index is 0.722. The molecule has 5 heterocycles. The quantitative estimate of drug-likeness (QED) is 0.0774. The summed E-state index contributed by atoms with van der Waals surface area (Å²) in [6, 6.07) is 16.8. The highest BCUT2D eigenvalue weighted by atomic mass is 35.5. The van der Waals surface area contributed by atoms with Crippen LogP contribution < -0.4 is 35.2 Å². The van der Waals surface area contributed by atoms with Gasteiger partial charge >= 0.3 is 0 Å². The first-order valence-electron chi connectivity index (χ1n) is 23.0. The molecule has 5 amide bonds. The summed E-state index contributed by atoms with van der Waals surface area (Å²) < 4.78 is 42.8. The molecule has 0 bridgehead atoms. The number of nitrogens with zero attached hydrogens (tertiary/aromatic N) is 7. The van der Waals surface area contributed by atoms with Crippen LogP contribution in [0.5, 0.6) is 5.75 Å². The number of piperidine rings is 2. The van der Waals surface area contributed by atoms with Gasteiger partial charge in [-0.15, -0.1) is 0 Å². The number of hydrogen-bond acceptors (Lipinski definition) is 17. The Morgan fingerprint density at radius 3 is 2.36 bits per heavy atom. The number of fused-ring (bicyclic) bond motifs is 1. The van der Waals surface area contributed by atoms with Gasteiger partial charge in [0.05, 0.1) is 73.3 Å². The molecule has 372 valence electrons. The zero-order valence-corrected chi connectivity index (χ0v) is 40.7. The van der Waals surface area contributed by atoms with E-state index in [0.717, 1.165) is 75.5 Å². The van der Waals surface area contributed by atoms with E-state index < -0.39 is 45.6 Å². The summed E-state index contributed by atoms with van der Waals surface area (Å²) >= 11 is 6.47. The van der Waals surface area contributed by atoms with E-state index in [0.29, 0.717) is 47.9 Å². The molecule has 1 atom stereocenters. The van der Waals surface area contributed by atoms with Crippen molar-refractivity contribution in [3.63, 3.8) is 0 Å². The van der Waals surface area contributed by atoms with Gasteiger partial charge in [-0.05, 0) is 55.7 Å². The Morgan fingerprint density at radius 1 is 0.871 bits per heavy atom. The molecule has 4 aliphatic heterocycles. The van der Waals surface area contributed by atoms with E-state index in [4.69, 9.17) is 25.8 Å². The number of para-hydroxylation sites is 2. The van der Waals surface area contributed by atoms with Crippen LogP contribution in [0.25, 0.3) is 0 Å². The lowest BCUT2D eigenvalue weighted by atomic mass is 10.0. The third-order valence-electron chi connectivity index (χ3n) is 12.8. The van der Waals surface area contributed by atoms with Crippen LogP contribution >= 0.6 is 11.6 Å². The highest BCUT2D eigenvalue weighted by Gasteiger charge is 2.46. The number of aromatic nitrogens is 2. The van der Waals surface area contributed by atoms with Crippen LogP contribution in [0.15, 0.2) is 66.9 Å². The summed E-state index contributed by atoms with van der Waals surface area (Å²) in [7, 11) is -0.421. The third kappa shape index (κ3) is 11.6. The smallest absolute Gasteiger partial charge is 0.264 e. The van der Waals surface area contributed by atoms with Crippen LogP contribution in [0.3, 0.4) is 0 Å². The van der Waals surface area contributed by atoms with Crippen molar-refractivity contribution < 1.29 is 46.6 Å². The first-order valence-corrected chi connectivity index (χ1v) is 25.2. The molecule has 4 aliphatic rings. The van der Waals surface area contributed by atoms with Gasteiger partial charge in [-0.1, -0.05) is 29.8 Å². The molecule has 0 aliphatic carbocycles. The number of benzene rings is 3. The Morgan fingerprint density at radius 2 is 1.61 bits per heavy atom. The maximum absolute atomic E-state index is 13.3. The summed E-state index contributed by atoms with van der Waals surface area (Å²) in [5.74, 6) is -1.86. The molecule has 1 aromatic heterocycles. The number of amides is 5. The molecular weight excluding hydrogens is 946 g/mol. The number of carbonyl (C=O) groups excluding carboxylic acids is 5. The average Bonchev–Trinajstić information content (AvgIpc) is 3.60. The largest absolute Gasteiger partial charge is 0.494 e. The lowest BCUT2D eigenvalue weighted by Gasteiger charge is -2.43. The van der Waals surface area contributed by atoms with E-state index >= 15 is 0 Å². The maximum atomic E-state index is 13.3. The molecule has 21 nitrogen and oxygen atoms in total. The highest BCUT2D eigenvalue weighted by molar-refractivity contribution is 7.92. The van der Waals surface area contributed by atoms with Crippen molar-refractivity contribution in [1.29, 1.82) is 0 Å². The van der Waals surface area contributed by atoms with E-state index in [1.54, 1.807) is 31.4 Å². The first kappa shape index (κ1) is 50.0. The average molecular weight is 1000 g/mol. The number of sulfonamides is 1. The number of anilines is 7. The van der Waals surface area contributed by atoms with Crippen molar-refractivity contribution >= 4 is 91.4 Å². The molecule has 23 heteroatoms. The van der Waals surface area contributed by atoms with Gasteiger partial charge in [0.1, 0.15) is 23.4 Å². The number of nitrogens with one attached hydrogen (secondary N) is 4. The van der Waals surface area contributed by atoms with Gasteiger partial charge in [-0.25, -0.2) is 13.4 Å². The monoisotopic (exact) mass is 1000 g/mol. The minimum atomic E-state index is -3.51. The fraction of sp³-hybridized carbons (Fsp3) is 0.426. The maximum Gasteiger partial charge on any atom is 0.264 e. The summed E-state index contributed by atoms with van der Waals surface area (Å²) in [5, 5.41) is 11.5. The zero-order valence-electron chi connectivity index (χ0n) is 39.1. The molecule has 8 rings (SSSR count). The fourth-order valence-corrected chi connectivity index (χ4v) is 9.66. The normalized spacial score (nSPS) is 18.1. The van der Waals surface area contributed by atoms with Crippen LogP contribution in [0, 0.1) is 0 Å². The predicted molar refractivity (Wildman–Crippen MR) is 263 cm³/mol. The molecule has 1 unspecified atom stereocenters. The molecule has 0 spiro atoms. The Hall–Kier alpha value is -6.43. The molecule has 70 heavy (non-hydrogen) atoms. The van der Waals surface area contributed by atoms with Gasteiger partial charge in [0.15, 0.2) is 5.82 Å². The van der Waals surface area contributed by atoms with Gasteiger partial charge in [0.25, 0.3) is 11.8 Å². The Labute approximate surface area is 410 Å². The van der Waals surface area contributed by atoms with Crippen molar-refractivity contribution in [2.45, 2.75) is 37.8 Å². The lowest BCUT2D eigenvalue weighted by molar-refractivity contribution is -0.136. The summed E-state index contributed by atoms with van der Waals surface area (Å²) in [5.41, 5.74) is 2.87. The number of ether oxygens (including phenoxy) is 3. The highest BCUT2D eigenvalue weighted by Crippen LogP contribution is 2.36. The van der Waals surface area contributed by atoms with Crippen LogP contribution in [-0.2, 0) is 33.9 Å². The zero-order chi connectivity index (χ0) is 49.5. The molecular formula is C47H56ClN11O10S. The standard InChI is InChI=1S/C47H56ClN11O10S/c1-55(70(3,65)66)37-10-5-4-8-34(37)51-43-33(48)28-49-47(54-43)52-35-12-11-31(27-39(35)67-2)57-17-15-30(16-18-57)58-21-19-56(20-22-58)23-24-68-25-26-69-29-41(61)50-36-9-6-7-32-42(36)46(64)59(45(32)63)38-13-14-40(60)53-44(38)62/h4-12,27-28,30,38H,13-26,29H2,1-3H3,(H,50,61)(H,53,60,62)(H2,49,51,52,54). The predicted octanol–water partition coefficient (Wildman–Crippen LogP) is 3.68. The van der Waals surface area contributed by atoms with Gasteiger partial charge in [0.2, 0.25) is 33.7 Å². The topological polar surface area (TPSA) is 237 Å². The summed E-state index contributed by atoms with van der Waals surface area (Å²) in [4.78, 5) is 80.3. The van der Waals surface area contributed by atoms with Crippen molar-refractivity contribution in [1.82, 2.24) is 30.0 Å². The summed E-state index contributed by atoms with van der Waals surface area (Å²) in [6.45, 7) is 7.15. The van der Waals surface area contributed by atoms with Crippen LogP contribution in [0.2, 0.25) is 5.02 Å². The molecule has 3 fully saturated rings. The molecule has 3 saturated heterocycles. The first-order chi connectivity index (χ1) is 33.7. The number of carbonyl (C=O) groups is 5. The van der Waals surface area contributed by atoms with E-state index in [1.807, 2.05) is 12.1 Å². The molecule has 4 N–H and O–H groups in total. The second-order valence-corrected chi connectivity index (χ2v) is 19.7. The molecule has 0 saturated carbocycles. The Kier molecular flexibility index (Phi) is 15.8. The van der Waals surface area contributed by atoms with E-state index in [1.165, 1.54) is 35.7 Å². The minimum absolute atomic E-state index is 0.00253. The minimum Gasteiger partial charge on any atom is -0.494 e. The summed E-state index contributed by atoms with van der Waals surface area (Å²) in [6.07, 6.45) is 4.72. The van der Waals surface area contributed by atoms with Crippen molar-refractivity contribution in [2.75, 3.05) is 118 Å². The van der Waals surface area contributed by atoms with Crippen molar-refractivity contribution in [3.8, 4) is 5.75 Å². The number of hydrogen-bond donors (Lipinski definition) is 4.